The van der Waals surface area contributed by atoms with Gasteiger partial charge < -0.3 is 9.99 Å². The first-order valence-corrected chi connectivity index (χ1v) is 7.74. The van der Waals surface area contributed by atoms with Gasteiger partial charge in [-0.25, -0.2) is 10.4 Å². The van der Waals surface area contributed by atoms with Crippen LogP contribution in [-0.4, -0.2) is 17.0 Å². The van der Waals surface area contributed by atoms with E-state index in [4.69, 9.17) is 0 Å². The number of anilines is 1. The second kappa shape index (κ2) is 4.33. The number of aromatic nitrogens is 2. The Morgan fingerprint density at radius 1 is 1.45 bits per heavy atom. The number of H-pyrrole nitrogens is 1. The van der Waals surface area contributed by atoms with Crippen LogP contribution in [0.4, 0.5) is 5.69 Å². The quantitative estimate of drug-likeness (QED) is 0.759. The van der Waals surface area contributed by atoms with Crippen LogP contribution in [0.25, 0.3) is 11.0 Å². The summed E-state index contributed by atoms with van der Waals surface area (Å²) >= 11 is 1.73. The fourth-order valence-electron chi connectivity index (χ4n) is 3.03. The summed E-state index contributed by atoms with van der Waals surface area (Å²) in [6.07, 6.45) is 5.07. The van der Waals surface area contributed by atoms with Crippen molar-refractivity contribution in [2.75, 3.05) is 12.1 Å². The smallest absolute Gasteiger partial charge is 0.139 e. The second-order valence-corrected chi connectivity index (χ2v) is 5.91. The molecule has 4 heterocycles. The van der Waals surface area contributed by atoms with Crippen LogP contribution in [-0.2, 0) is 6.42 Å². The summed E-state index contributed by atoms with van der Waals surface area (Å²) in [4.78, 5) is 7.87. The molecule has 0 fully saturated rings. The van der Waals surface area contributed by atoms with Gasteiger partial charge in [-0.1, -0.05) is 6.92 Å². The van der Waals surface area contributed by atoms with E-state index < -0.39 is 0 Å². The van der Waals surface area contributed by atoms with Gasteiger partial charge in [-0.15, -0.1) is 0 Å². The Labute approximate surface area is 121 Å². The average molecular weight is 284 g/mol. The molecule has 0 aliphatic carbocycles. The molecular weight excluding hydrogens is 268 g/mol. The van der Waals surface area contributed by atoms with Crippen LogP contribution in [0.1, 0.15) is 29.7 Å². The Hall–Kier alpha value is -1.85. The molecule has 0 aromatic carbocycles. The van der Waals surface area contributed by atoms with Gasteiger partial charge in [0.1, 0.15) is 5.65 Å². The molecule has 0 saturated heterocycles. The number of thiophene rings is 1. The third kappa shape index (κ3) is 1.53. The van der Waals surface area contributed by atoms with Crippen LogP contribution < -0.4 is 10.4 Å². The molecule has 1 atom stereocenters. The van der Waals surface area contributed by atoms with Crippen molar-refractivity contribution in [2.24, 2.45) is 0 Å². The van der Waals surface area contributed by atoms with Crippen molar-refractivity contribution in [1.82, 2.24) is 15.4 Å². The topological polar surface area (TPSA) is 44.0 Å². The normalized spacial score (nSPS) is 17.9. The second-order valence-electron chi connectivity index (χ2n) is 5.13. The Morgan fingerprint density at radius 2 is 2.35 bits per heavy atom. The Kier molecular flexibility index (Phi) is 2.58. The van der Waals surface area contributed by atoms with E-state index in [1.54, 1.807) is 11.3 Å². The van der Waals surface area contributed by atoms with E-state index in [0.29, 0.717) is 0 Å². The summed E-state index contributed by atoms with van der Waals surface area (Å²) < 4.78 is 0. The molecular formula is C15H16N4S. The van der Waals surface area contributed by atoms with Crippen molar-refractivity contribution in [2.45, 2.75) is 19.4 Å². The third-order valence-corrected chi connectivity index (χ3v) is 4.71. The van der Waals surface area contributed by atoms with Crippen molar-refractivity contribution in [1.29, 1.82) is 0 Å². The molecule has 4 nitrogen and oxygen atoms in total. The number of rotatable bonds is 2. The zero-order valence-electron chi connectivity index (χ0n) is 11.5. The van der Waals surface area contributed by atoms with E-state index in [0.717, 1.165) is 12.1 Å². The highest BCUT2D eigenvalue weighted by Gasteiger charge is 2.30. The number of fused-ring (bicyclic) bond motifs is 3. The first-order valence-electron chi connectivity index (χ1n) is 6.80. The predicted molar refractivity (Wildman–Crippen MR) is 83.2 cm³/mol. The number of pyridine rings is 1. The van der Waals surface area contributed by atoms with Gasteiger partial charge in [0.15, 0.2) is 0 Å². The van der Waals surface area contributed by atoms with Crippen LogP contribution in [0.15, 0.2) is 29.2 Å². The van der Waals surface area contributed by atoms with Gasteiger partial charge in [-0.3, -0.25) is 0 Å². The predicted octanol–water partition coefficient (Wildman–Crippen LogP) is 3.23. The number of hydrazine groups is 1. The maximum atomic E-state index is 4.60. The lowest BCUT2D eigenvalue weighted by Gasteiger charge is -2.15. The molecule has 1 aliphatic rings. The molecule has 0 saturated carbocycles. The lowest BCUT2D eigenvalue weighted by Crippen LogP contribution is -2.30. The van der Waals surface area contributed by atoms with Crippen molar-refractivity contribution >= 4 is 28.1 Å². The highest BCUT2D eigenvalue weighted by molar-refractivity contribution is 7.08. The first kappa shape index (κ1) is 11.9. The molecule has 3 aromatic rings. The number of aryl methyl sites for hydroxylation is 1. The van der Waals surface area contributed by atoms with E-state index in [-0.39, 0.29) is 6.04 Å². The molecule has 20 heavy (non-hydrogen) atoms. The van der Waals surface area contributed by atoms with Crippen molar-refractivity contribution < 1.29 is 0 Å². The molecule has 102 valence electrons. The van der Waals surface area contributed by atoms with Crippen LogP contribution in [0, 0.1) is 0 Å². The molecule has 0 amide bonds. The monoisotopic (exact) mass is 284 g/mol. The summed E-state index contributed by atoms with van der Waals surface area (Å²) in [6, 6.07) is 2.38. The molecule has 3 aromatic heterocycles. The number of hydrogen-bond acceptors (Lipinski definition) is 4. The standard InChI is InChI=1S/C15H16N4S/c1-3-9-6-16-15-12(9)14-11(7-17-15)13(18-19(14)2)10-4-5-20-8-10/h4-8,13,18H,3H2,1-2H3,(H,16,17). The molecule has 0 radical (unpaired) electrons. The minimum absolute atomic E-state index is 0.206. The zero-order valence-corrected chi connectivity index (χ0v) is 12.3. The molecule has 0 spiro atoms. The number of nitrogens with one attached hydrogen (secondary N) is 2. The van der Waals surface area contributed by atoms with Gasteiger partial charge in [-0.2, -0.15) is 11.3 Å². The minimum Gasteiger partial charge on any atom is -0.346 e. The van der Waals surface area contributed by atoms with Crippen molar-refractivity contribution in [3.63, 3.8) is 0 Å². The lowest BCUT2D eigenvalue weighted by atomic mass is 10.0. The minimum atomic E-state index is 0.206. The lowest BCUT2D eigenvalue weighted by molar-refractivity contribution is 0.649. The van der Waals surface area contributed by atoms with Gasteiger partial charge in [0.05, 0.1) is 11.7 Å². The van der Waals surface area contributed by atoms with Gasteiger partial charge in [0, 0.05) is 30.4 Å². The summed E-state index contributed by atoms with van der Waals surface area (Å²) in [7, 11) is 2.08. The molecule has 4 rings (SSSR count). The van der Waals surface area contributed by atoms with Crippen molar-refractivity contribution in [3.8, 4) is 0 Å². The highest BCUT2D eigenvalue weighted by atomic mass is 32.1. The summed E-state index contributed by atoms with van der Waals surface area (Å²) in [5.74, 6) is 0. The average Bonchev–Trinajstić information content (AvgIpc) is 3.15. The number of nitrogens with zero attached hydrogens (tertiary/aromatic N) is 2. The van der Waals surface area contributed by atoms with E-state index in [1.807, 2.05) is 6.20 Å². The Morgan fingerprint density at radius 3 is 3.10 bits per heavy atom. The van der Waals surface area contributed by atoms with Crippen LogP contribution in [0.3, 0.4) is 0 Å². The van der Waals surface area contributed by atoms with Gasteiger partial charge in [0.2, 0.25) is 0 Å². The highest BCUT2D eigenvalue weighted by Crippen LogP contribution is 2.41. The molecule has 5 heteroatoms. The summed E-state index contributed by atoms with van der Waals surface area (Å²) in [6.45, 7) is 2.18. The maximum Gasteiger partial charge on any atom is 0.139 e. The molecule has 2 N–H and O–H groups in total. The van der Waals surface area contributed by atoms with E-state index in [2.05, 4.69) is 57.4 Å². The maximum absolute atomic E-state index is 4.60. The Bertz CT molecular complexity index is 760. The SMILES string of the molecule is CCc1c[nH]c2ncc3c(c12)N(C)NC3c1ccsc1. The summed E-state index contributed by atoms with van der Waals surface area (Å²) in [5, 5.41) is 7.70. The zero-order chi connectivity index (χ0) is 13.7. The molecule has 1 aliphatic heterocycles. The third-order valence-electron chi connectivity index (χ3n) is 4.01. The van der Waals surface area contributed by atoms with Crippen molar-refractivity contribution in [3.05, 3.63) is 45.9 Å². The molecule has 0 bridgehead atoms. The molecule has 1 unspecified atom stereocenters. The van der Waals surface area contributed by atoms with Crippen LogP contribution in [0.5, 0.6) is 0 Å². The largest absolute Gasteiger partial charge is 0.346 e. The van der Waals surface area contributed by atoms with E-state index in [9.17, 15) is 0 Å². The van der Waals surface area contributed by atoms with E-state index >= 15 is 0 Å². The Balaban J connectivity index is 1.97. The fourth-order valence-corrected chi connectivity index (χ4v) is 3.72. The van der Waals surface area contributed by atoms with Gasteiger partial charge >= 0.3 is 0 Å². The van der Waals surface area contributed by atoms with E-state index in [1.165, 1.54) is 27.8 Å². The van der Waals surface area contributed by atoms with Gasteiger partial charge in [0.25, 0.3) is 0 Å². The van der Waals surface area contributed by atoms with Crippen LogP contribution in [0.2, 0.25) is 0 Å². The number of hydrogen-bond donors (Lipinski definition) is 2. The van der Waals surface area contributed by atoms with Crippen LogP contribution >= 0.6 is 11.3 Å². The first-order chi connectivity index (χ1) is 9.79. The fraction of sp³-hybridized carbons (Fsp3) is 0.267. The van der Waals surface area contributed by atoms with Gasteiger partial charge in [-0.05, 0) is 34.4 Å². The number of aromatic amines is 1. The summed E-state index contributed by atoms with van der Waals surface area (Å²) in [5.41, 5.74) is 9.65.